The highest BCUT2D eigenvalue weighted by atomic mass is 16.6. The van der Waals surface area contributed by atoms with Crippen molar-refractivity contribution in [1.82, 2.24) is 4.90 Å². The van der Waals surface area contributed by atoms with Gasteiger partial charge in [-0.1, -0.05) is 6.07 Å². The molecule has 0 radical (unpaired) electrons. The molecule has 2 rings (SSSR count). The van der Waals surface area contributed by atoms with Gasteiger partial charge in [0.1, 0.15) is 11.4 Å². The number of methoxy groups -OCH3 is 1. The third-order valence-corrected chi connectivity index (χ3v) is 4.29. The van der Waals surface area contributed by atoms with Crippen LogP contribution in [0.25, 0.3) is 0 Å². The van der Waals surface area contributed by atoms with E-state index in [4.69, 9.17) is 9.47 Å². The maximum atomic E-state index is 12.3. The summed E-state index contributed by atoms with van der Waals surface area (Å²) in [6.07, 6.45) is -0.839. The van der Waals surface area contributed by atoms with Crippen LogP contribution in [0.4, 0.5) is 10.5 Å². The first-order valence-corrected chi connectivity index (χ1v) is 8.73. The molecule has 1 amide bonds. The van der Waals surface area contributed by atoms with Gasteiger partial charge in [-0.15, -0.1) is 0 Å². The highest BCUT2D eigenvalue weighted by molar-refractivity contribution is 5.69. The van der Waals surface area contributed by atoms with E-state index in [9.17, 15) is 9.90 Å². The average Bonchev–Trinajstić information content (AvgIpc) is 2.52. The van der Waals surface area contributed by atoms with E-state index in [-0.39, 0.29) is 12.1 Å². The predicted octanol–water partition coefficient (Wildman–Crippen LogP) is 3.19. The van der Waals surface area contributed by atoms with E-state index < -0.39 is 11.7 Å². The van der Waals surface area contributed by atoms with E-state index >= 15 is 0 Å². The van der Waals surface area contributed by atoms with Gasteiger partial charge in [0.05, 0.1) is 13.2 Å². The second kappa shape index (κ2) is 7.52. The summed E-state index contributed by atoms with van der Waals surface area (Å²) in [4.78, 5) is 16.3. The zero-order valence-corrected chi connectivity index (χ0v) is 16.1. The molecule has 0 spiro atoms. The second-order valence-corrected chi connectivity index (χ2v) is 7.57. The van der Waals surface area contributed by atoms with Crippen LogP contribution in [-0.4, -0.2) is 54.5 Å². The number of aliphatic hydroxyl groups is 1. The van der Waals surface area contributed by atoms with Crippen LogP contribution in [0.3, 0.4) is 0 Å². The zero-order chi connectivity index (χ0) is 18.8. The van der Waals surface area contributed by atoms with Crippen molar-refractivity contribution in [3.63, 3.8) is 0 Å². The SMILES string of the molecule is COc1cc(N2CCN(C(=O)OC(C)(C)C)C(C)C2)ccc1C(C)O. The molecule has 25 heavy (non-hydrogen) atoms. The van der Waals surface area contributed by atoms with Gasteiger partial charge in [-0.05, 0) is 40.7 Å². The zero-order valence-electron chi connectivity index (χ0n) is 16.1. The molecule has 2 atom stereocenters. The number of benzene rings is 1. The first-order valence-electron chi connectivity index (χ1n) is 8.73. The van der Waals surface area contributed by atoms with Crippen molar-refractivity contribution in [2.45, 2.75) is 52.4 Å². The number of aliphatic hydroxyl groups excluding tert-OH is 1. The molecule has 0 aromatic heterocycles. The monoisotopic (exact) mass is 350 g/mol. The highest BCUT2D eigenvalue weighted by Gasteiger charge is 2.31. The van der Waals surface area contributed by atoms with Crippen LogP contribution in [0.2, 0.25) is 0 Å². The van der Waals surface area contributed by atoms with Crippen LogP contribution in [0.1, 0.15) is 46.3 Å². The normalized spacial score (nSPS) is 19.6. The minimum atomic E-state index is -0.577. The molecule has 1 aromatic carbocycles. The molecule has 1 aliphatic rings. The summed E-state index contributed by atoms with van der Waals surface area (Å²) in [5, 5.41) is 9.82. The molecular weight excluding hydrogens is 320 g/mol. The molecular formula is C19H30N2O4. The molecule has 140 valence electrons. The Labute approximate surface area is 150 Å². The first kappa shape index (κ1) is 19.4. The molecule has 0 saturated carbocycles. The molecule has 2 unspecified atom stereocenters. The smallest absolute Gasteiger partial charge is 0.410 e. The third-order valence-electron chi connectivity index (χ3n) is 4.29. The fraction of sp³-hybridized carbons (Fsp3) is 0.632. The molecule has 1 fully saturated rings. The lowest BCUT2D eigenvalue weighted by Crippen LogP contribution is -2.55. The Morgan fingerprint density at radius 1 is 1.32 bits per heavy atom. The minimum absolute atomic E-state index is 0.0473. The molecule has 6 heteroatoms. The van der Waals surface area contributed by atoms with Crippen molar-refractivity contribution in [2.75, 3.05) is 31.6 Å². The number of amides is 1. The maximum absolute atomic E-state index is 12.3. The van der Waals surface area contributed by atoms with E-state index in [1.807, 2.05) is 45.9 Å². The van der Waals surface area contributed by atoms with Crippen LogP contribution < -0.4 is 9.64 Å². The molecule has 1 heterocycles. The minimum Gasteiger partial charge on any atom is -0.496 e. The van der Waals surface area contributed by atoms with E-state index in [0.717, 1.165) is 24.3 Å². The second-order valence-electron chi connectivity index (χ2n) is 7.57. The fourth-order valence-electron chi connectivity index (χ4n) is 3.03. The van der Waals surface area contributed by atoms with Crippen molar-refractivity contribution >= 4 is 11.8 Å². The summed E-state index contributed by atoms with van der Waals surface area (Å²) >= 11 is 0. The van der Waals surface area contributed by atoms with E-state index in [2.05, 4.69) is 4.90 Å². The van der Waals surface area contributed by atoms with Crippen LogP contribution in [0.15, 0.2) is 18.2 Å². The predicted molar refractivity (Wildman–Crippen MR) is 98.2 cm³/mol. The Morgan fingerprint density at radius 2 is 2.00 bits per heavy atom. The quantitative estimate of drug-likeness (QED) is 0.907. The van der Waals surface area contributed by atoms with Gasteiger partial charge in [0.15, 0.2) is 0 Å². The Balaban J connectivity index is 2.09. The average molecular weight is 350 g/mol. The molecule has 1 N–H and O–H groups in total. The number of ether oxygens (including phenoxy) is 2. The number of rotatable bonds is 3. The third kappa shape index (κ3) is 4.78. The van der Waals surface area contributed by atoms with Gasteiger partial charge in [-0.2, -0.15) is 0 Å². The van der Waals surface area contributed by atoms with Crippen molar-refractivity contribution in [2.24, 2.45) is 0 Å². The highest BCUT2D eigenvalue weighted by Crippen LogP contribution is 2.31. The van der Waals surface area contributed by atoms with Gasteiger partial charge < -0.3 is 24.4 Å². The lowest BCUT2D eigenvalue weighted by atomic mass is 10.1. The summed E-state index contributed by atoms with van der Waals surface area (Å²) in [7, 11) is 1.61. The molecule has 0 aliphatic carbocycles. The number of hydrogen-bond acceptors (Lipinski definition) is 5. The van der Waals surface area contributed by atoms with Crippen molar-refractivity contribution < 1.29 is 19.4 Å². The summed E-state index contributed by atoms with van der Waals surface area (Å²) in [5.74, 6) is 0.676. The van der Waals surface area contributed by atoms with Crippen LogP contribution in [-0.2, 0) is 4.74 Å². The Kier molecular flexibility index (Phi) is 5.83. The fourth-order valence-corrected chi connectivity index (χ4v) is 3.03. The topological polar surface area (TPSA) is 62.2 Å². The van der Waals surface area contributed by atoms with Crippen LogP contribution in [0.5, 0.6) is 5.75 Å². The lowest BCUT2D eigenvalue weighted by molar-refractivity contribution is 0.0159. The summed E-state index contributed by atoms with van der Waals surface area (Å²) in [6, 6.07) is 5.87. The summed E-state index contributed by atoms with van der Waals surface area (Å²) in [5.41, 5.74) is 1.31. The van der Waals surface area contributed by atoms with Gasteiger partial charge in [0.2, 0.25) is 0 Å². The van der Waals surface area contributed by atoms with Crippen LogP contribution >= 0.6 is 0 Å². The number of nitrogens with zero attached hydrogens (tertiary/aromatic N) is 2. The molecule has 1 saturated heterocycles. The number of piperazine rings is 1. The molecule has 1 aliphatic heterocycles. The largest absolute Gasteiger partial charge is 0.496 e. The molecule has 1 aromatic rings. The van der Waals surface area contributed by atoms with Gasteiger partial charge >= 0.3 is 6.09 Å². The van der Waals surface area contributed by atoms with E-state index in [1.54, 1.807) is 18.9 Å². The Hall–Kier alpha value is -1.95. The maximum Gasteiger partial charge on any atom is 0.410 e. The Bertz CT molecular complexity index is 610. The van der Waals surface area contributed by atoms with Crippen LogP contribution in [0, 0.1) is 0 Å². The lowest BCUT2D eigenvalue weighted by Gasteiger charge is -2.41. The first-order chi connectivity index (χ1) is 11.6. The van der Waals surface area contributed by atoms with Crippen molar-refractivity contribution in [3.8, 4) is 5.75 Å². The van der Waals surface area contributed by atoms with Crippen molar-refractivity contribution in [3.05, 3.63) is 23.8 Å². The Morgan fingerprint density at radius 3 is 2.52 bits per heavy atom. The standard InChI is InChI=1S/C19H30N2O4/c1-13-12-20(9-10-21(13)18(23)25-19(3,4)5)15-7-8-16(14(2)22)17(11-15)24-6/h7-8,11,13-14,22H,9-10,12H2,1-6H3. The molecule has 0 bridgehead atoms. The summed E-state index contributed by atoms with van der Waals surface area (Å²) in [6.45, 7) is 11.4. The van der Waals surface area contributed by atoms with E-state index in [0.29, 0.717) is 12.3 Å². The van der Waals surface area contributed by atoms with Gasteiger partial charge in [-0.3, -0.25) is 0 Å². The number of carbonyl (C=O) groups is 1. The number of carbonyl (C=O) groups excluding carboxylic acids is 1. The van der Waals surface area contributed by atoms with Gasteiger partial charge in [0.25, 0.3) is 0 Å². The number of anilines is 1. The number of hydrogen-bond donors (Lipinski definition) is 1. The van der Waals surface area contributed by atoms with Crippen molar-refractivity contribution in [1.29, 1.82) is 0 Å². The van der Waals surface area contributed by atoms with Gasteiger partial charge in [-0.25, -0.2) is 4.79 Å². The van der Waals surface area contributed by atoms with E-state index in [1.165, 1.54) is 0 Å². The summed E-state index contributed by atoms with van der Waals surface area (Å²) < 4.78 is 10.9. The molecule has 6 nitrogen and oxygen atoms in total. The van der Waals surface area contributed by atoms with Gasteiger partial charge in [0, 0.05) is 43.0 Å².